The van der Waals surface area contributed by atoms with Gasteiger partial charge in [-0.1, -0.05) is 0 Å². The van der Waals surface area contributed by atoms with Gasteiger partial charge in [-0.2, -0.15) is 22.7 Å². The minimum Gasteiger partial charge on any atom is -0.326 e. The summed E-state index contributed by atoms with van der Waals surface area (Å²) in [4.78, 5) is 2.33. The number of nitrogens with two attached hydrogens (primary N) is 1. The molecule has 0 fully saturated rings. The molecule has 0 bridgehead atoms. The minimum absolute atomic E-state index is 0.133. The third-order valence-electron chi connectivity index (χ3n) is 2.87. The predicted molar refractivity (Wildman–Crippen MR) is 76.5 cm³/mol. The van der Waals surface area contributed by atoms with Crippen molar-refractivity contribution in [2.45, 2.75) is 25.6 Å². The number of hydrogen-bond acceptors (Lipinski definition) is 4. The summed E-state index contributed by atoms with van der Waals surface area (Å²) in [6.07, 6.45) is 0. The summed E-state index contributed by atoms with van der Waals surface area (Å²) in [6.45, 7) is 3.03. The van der Waals surface area contributed by atoms with Gasteiger partial charge in [0.15, 0.2) is 0 Å². The molecule has 0 amide bonds. The van der Waals surface area contributed by atoms with E-state index in [9.17, 15) is 0 Å². The van der Waals surface area contributed by atoms with Gasteiger partial charge >= 0.3 is 0 Å². The highest BCUT2D eigenvalue weighted by Crippen LogP contribution is 2.26. The summed E-state index contributed by atoms with van der Waals surface area (Å²) in [5.74, 6) is 0. The van der Waals surface area contributed by atoms with Crippen molar-refractivity contribution >= 4 is 22.7 Å². The second-order valence-corrected chi connectivity index (χ2v) is 5.97. The van der Waals surface area contributed by atoms with Gasteiger partial charge in [0, 0.05) is 12.6 Å². The Hall–Kier alpha value is -0.680. The van der Waals surface area contributed by atoms with Crippen LogP contribution >= 0.6 is 22.7 Å². The van der Waals surface area contributed by atoms with E-state index in [0.717, 1.165) is 6.54 Å². The molecule has 0 aliphatic heterocycles. The lowest BCUT2D eigenvalue weighted by atomic mass is 10.0. The van der Waals surface area contributed by atoms with E-state index in [1.54, 1.807) is 22.7 Å². The average Bonchev–Trinajstić information content (AvgIpc) is 2.89. The fourth-order valence-corrected chi connectivity index (χ4v) is 3.52. The fraction of sp³-hybridized carbons (Fsp3) is 0.385. The smallest absolute Gasteiger partial charge is 0.0505 e. The van der Waals surface area contributed by atoms with Crippen LogP contribution in [0, 0.1) is 0 Å². The zero-order valence-corrected chi connectivity index (χ0v) is 11.8. The Balaban J connectivity index is 2.11. The third kappa shape index (κ3) is 3.16. The Kier molecular flexibility index (Phi) is 4.34. The van der Waals surface area contributed by atoms with Crippen LogP contribution < -0.4 is 5.73 Å². The first-order valence-electron chi connectivity index (χ1n) is 5.67. The number of thiophene rings is 2. The van der Waals surface area contributed by atoms with Crippen LogP contribution in [0.2, 0.25) is 0 Å². The lowest BCUT2D eigenvalue weighted by Crippen LogP contribution is -2.36. The molecule has 2 rings (SSSR count). The Bertz CT molecular complexity index is 420. The van der Waals surface area contributed by atoms with Crippen LogP contribution in [0.5, 0.6) is 0 Å². The molecule has 0 aromatic carbocycles. The van der Waals surface area contributed by atoms with Crippen LogP contribution in [0.25, 0.3) is 0 Å². The first-order chi connectivity index (χ1) is 8.18. The van der Waals surface area contributed by atoms with Gasteiger partial charge in [0.25, 0.3) is 0 Å². The van der Waals surface area contributed by atoms with Crippen LogP contribution in [-0.2, 0) is 6.54 Å². The Labute approximate surface area is 111 Å². The molecule has 2 aromatic rings. The van der Waals surface area contributed by atoms with Gasteiger partial charge in [-0.3, -0.25) is 4.90 Å². The van der Waals surface area contributed by atoms with Crippen LogP contribution in [0.4, 0.5) is 0 Å². The van der Waals surface area contributed by atoms with E-state index in [4.69, 9.17) is 5.73 Å². The van der Waals surface area contributed by atoms with Gasteiger partial charge in [0.1, 0.15) is 0 Å². The molecule has 0 radical (unpaired) electrons. The highest BCUT2D eigenvalue weighted by molar-refractivity contribution is 7.08. The maximum absolute atomic E-state index is 6.12. The van der Waals surface area contributed by atoms with Gasteiger partial charge in [-0.15, -0.1) is 0 Å². The van der Waals surface area contributed by atoms with E-state index in [2.05, 4.69) is 52.5 Å². The summed E-state index contributed by atoms with van der Waals surface area (Å²) in [6, 6.07) is 4.77. The van der Waals surface area contributed by atoms with Crippen molar-refractivity contribution in [3.8, 4) is 0 Å². The lowest BCUT2D eigenvalue weighted by molar-refractivity contribution is 0.211. The van der Waals surface area contributed by atoms with Crippen LogP contribution in [0.15, 0.2) is 33.7 Å². The van der Waals surface area contributed by atoms with Gasteiger partial charge in [-0.05, 0) is 58.8 Å². The van der Waals surface area contributed by atoms with Crippen molar-refractivity contribution in [3.63, 3.8) is 0 Å². The molecule has 2 atom stereocenters. The summed E-state index contributed by atoms with van der Waals surface area (Å²) >= 11 is 3.47. The average molecular weight is 266 g/mol. The number of rotatable bonds is 5. The lowest BCUT2D eigenvalue weighted by Gasteiger charge is -2.30. The summed E-state index contributed by atoms with van der Waals surface area (Å²) in [5, 5.41) is 8.62. The summed E-state index contributed by atoms with van der Waals surface area (Å²) in [5.41, 5.74) is 8.80. The quantitative estimate of drug-likeness (QED) is 0.899. The fourth-order valence-electron chi connectivity index (χ4n) is 2.17. The summed E-state index contributed by atoms with van der Waals surface area (Å²) in [7, 11) is 2.14. The van der Waals surface area contributed by atoms with E-state index in [1.165, 1.54) is 11.1 Å². The van der Waals surface area contributed by atoms with Crippen LogP contribution in [0.3, 0.4) is 0 Å². The zero-order chi connectivity index (χ0) is 12.3. The van der Waals surface area contributed by atoms with E-state index in [0.29, 0.717) is 6.04 Å². The molecule has 2 heterocycles. The third-order valence-corrected chi connectivity index (χ3v) is 4.30. The highest BCUT2D eigenvalue weighted by Gasteiger charge is 2.21. The second-order valence-electron chi connectivity index (χ2n) is 4.41. The van der Waals surface area contributed by atoms with Gasteiger partial charge < -0.3 is 5.73 Å². The van der Waals surface area contributed by atoms with Gasteiger partial charge in [0.05, 0.1) is 6.04 Å². The minimum atomic E-state index is 0.133. The monoisotopic (exact) mass is 266 g/mol. The van der Waals surface area contributed by atoms with E-state index in [-0.39, 0.29) is 6.04 Å². The van der Waals surface area contributed by atoms with E-state index < -0.39 is 0 Å². The van der Waals surface area contributed by atoms with Crippen LogP contribution in [-0.4, -0.2) is 18.0 Å². The highest BCUT2D eigenvalue weighted by atomic mass is 32.1. The second kappa shape index (κ2) is 5.78. The van der Waals surface area contributed by atoms with Crippen molar-refractivity contribution < 1.29 is 0 Å². The topological polar surface area (TPSA) is 29.3 Å². The molecular formula is C13H18N2S2. The molecule has 2 aromatic heterocycles. The number of nitrogens with zero attached hydrogens (tertiary/aromatic N) is 1. The predicted octanol–water partition coefficient (Wildman–Crippen LogP) is 3.33. The van der Waals surface area contributed by atoms with Crippen LogP contribution in [0.1, 0.15) is 24.1 Å². The molecule has 2 nitrogen and oxygen atoms in total. The molecule has 0 saturated heterocycles. The molecule has 4 heteroatoms. The van der Waals surface area contributed by atoms with Crippen molar-refractivity contribution in [3.05, 3.63) is 44.8 Å². The van der Waals surface area contributed by atoms with Gasteiger partial charge in [0.2, 0.25) is 0 Å². The Morgan fingerprint density at radius 3 is 2.47 bits per heavy atom. The standard InChI is InChI=1S/C13H18N2S2/c1-10(14)13(12-4-6-17-9-12)15(2)7-11-3-5-16-8-11/h3-6,8-10,13H,7,14H2,1-2H3. The zero-order valence-electron chi connectivity index (χ0n) is 10.2. The normalized spacial score (nSPS) is 15.1. The number of likely N-dealkylation sites (N-methyl/N-ethyl adjacent to an activating group) is 1. The molecule has 92 valence electrons. The molecule has 0 spiro atoms. The molecule has 0 saturated carbocycles. The largest absolute Gasteiger partial charge is 0.326 e. The molecular weight excluding hydrogens is 248 g/mol. The van der Waals surface area contributed by atoms with E-state index >= 15 is 0 Å². The van der Waals surface area contributed by atoms with Crippen molar-refractivity contribution in [2.75, 3.05) is 7.05 Å². The SMILES string of the molecule is CC(N)C(c1ccsc1)N(C)Cc1ccsc1. The molecule has 2 N–H and O–H groups in total. The Morgan fingerprint density at radius 2 is 1.94 bits per heavy atom. The van der Waals surface area contributed by atoms with Gasteiger partial charge in [-0.25, -0.2) is 0 Å². The Morgan fingerprint density at radius 1 is 1.24 bits per heavy atom. The number of hydrogen-bond donors (Lipinski definition) is 1. The molecule has 2 unspecified atom stereocenters. The first kappa shape index (κ1) is 12.8. The van der Waals surface area contributed by atoms with Crippen molar-refractivity contribution in [1.82, 2.24) is 4.90 Å². The van der Waals surface area contributed by atoms with Crippen molar-refractivity contribution in [2.24, 2.45) is 5.73 Å². The maximum Gasteiger partial charge on any atom is 0.0505 e. The summed E-state index contributed by atoms with van der Waals surface area (Å²) < 4.78 is 0. The van der Waals surface area contributed by atoms with E-state index in [1.807, 2.05) is 0 Å². The molecule has 0 aliphatic rings. The maximum atomic E-state index is 6.12. The molecule has 0 aliphatic carbocycles. The first-order valence-corrected chi connectivity index (χ1v) is 7.56. The molecule has 17 heavy (non-hydrogen) atoms. The van der Waals surface area contributed by atoms with Crippen molar-refractivity contribution in [1.29, 1.82) is 0 Å².